The van der Waals surface area contributed by atoms with Gasteiger partial charge in [0.05, 0.1) is 26.4 Å². The molecule has 0 bridgehead atoms. The fraction of sp³-hybridized carbons (Fsp3) is 1.00. The van der Waals surface area contributed by atoms with Crippen molar-refractivity contribution < 1.29 is 27.2 Å². The molecule has 0 aromatic carbocycles. The molecule has 1 N–H and O–H groups in total. The number of rotatable bonds is 5. The largest absolute Gasteiger partial charge is 0.407 e. The summed E-state index contributed by atoms with van der Waals surface area (Å²) in [6.45, 7) is 10.0. The molecule has 2 fully saturated rings. The molecule has 2 rings (SSSR count). The summed E-state index contributed by atoms with van der Waals surface area (Å²) in [5.41, 5.74) is -0.290. The predicted molar refractivity (Wildman–Crippen MR) is 87.2 cm³/mol. The van der Waals surface area contributed by atoms with Gasteiger partial charge in [0.15, 0.2) is 0 Å². The van der Waals surface area contributed by atoms with Gasteiger partial charge >= 0.3 is 15.5 Å². The minimum atomic E-state index is -3.28. The molecule has 0 aromatic rings. The van der Waals surface area contributed by atoms with E-state index in [1.54, 1.807) is 7.05 Å². The molecule has 8 nitrogen and oxygen atoms in total. The molecule has 0 aromatic heterocycles. The first-order valence-corrected chi connectivity index (χ1v) is 10.7. The third-order valence-corrected chi connectivity index (χ3v) is 7.14. The second-order valence-corrected chi connectivity index (χ2v) is 11.6. The lowest BCUT2D eigenvalue weighted by atomic mass is 9.97. The fourth-order valence-electron chi connectivity index (χ4n) is 1.95. The van der Waals surface area contributed by atoms with Gasteiger partial charge in [0.1, 0.15) is 0 Å². The first-order chi connectivity index (χ1) is 10.5. The molecule has 2 aliphatic rings. The molecule has 10 heteroatoms. The van der Waals surface area contributed by atoms with E-state index in [4.69, 9.17) is 18.1 Å². The van der Waals surface area contributed by atoms with E-state index < -0.39 is 15.5 Å². The second-order valence-electron chi connectivity index (χ2n) is 7.68. The van der Waals surface area contributed by atoms with Crippen molar-refractivity contribution in [3.63, 3.8) is 0 Å². The average molecular weight is 370 g/mol. The van der Waals surface area contributed by atoms with Crippen molar-refractivity contribution in [2.24, 2.45) is 10.8 Å². The van der Waals surface area contributed by atoms with Crippen LogP contribution in [0.3, 0.4) is 0 Å². The fourth-order valence-corrected chi connectivity index (χ4v) is 5.46. The molecule has 0 radical (unpaired) electrons. The summed E-state index contributed by atoms with van der Waals surface area (Å²) in [7, 11) is -4.90. The van der Waals surface area contributed by atoms with Crippen LogP contribution in [0.4, 0.5) is 0 Å². The van der Waals surface area contributed by atoms with Crippen molar-refractivity contribution in [3.8, 4) is 0 Å². The zero-order valence-electron chi connectivity index (χ0n) is 14.5. The highest BCUT2D eigenvalue weighted by atomic mass is 31.2. The van der Waals surface area contributed by atoms with Gasteiger partial charge in [-0.25, -0.2) is 18.9 Å². The summed E-state index contributed by atoms with van der Waals surface area (Å²) in [6.07, 6.45) is 0. The van der Waals surface area contributed by atoms with Crippen molar-refractivity contribution in [2.45, 2.75) is 27.7 Å². The van der Waals surface area contributed by atoms with E-state index in [2.05, 4.69) is 5.09 Å². The lowest BCUT2D eigenvalue weighted by Crippen LogP contribution is -2.37. The maximum absolute atomic E-state index is 12.6. The van der Waals surface area contributed by atoms with Crippen LogP contribution < -0.4 is 5.09 Å². The molecule has 0 unspecified atom stereocenters. The maximum atomic E-state index is 12.6. The minimum Gasteiger partial charge on any atom is -0.296 e. The molecule has 0 amide bonds. The molecule has 2 aliphatic heterocycles. The zero-order chi connectivity index (χ0) is 17.4. The molecule has 2 heterocycles. The molecule has 0 aliphatic carbocycles. The SMILES string of the molecule is CN(CCNP1(=O)OCC(C)(C)CO1)P1(=O)OCC(C)(C)CO1. The number of hydrogen-bond donors (Lipinski definition) is 1. The Morgan fingerprint density at radius 3 is 1.83 bits per heavy atom. The predicted octanol–water partition coefficient (Wildman–Crippen LogP) is 2.87. The van der Waals surface area contributed by atoms with Crippen LogP contribution in [0.2, 0.25) is 0 Å². The van der Waals surface area contributed by atoms with Crippen LogP contribution >= 0.6 is 15.5 Å². The Hall–Kier alpha value is 0.220. The van der Waals surface area contributed by atoms with Gasteiger partial charge in [-0.15, -0.1) is 0 Å². The summed E-state index contributed by atoms with van der Waals surface area (Å²) in [4.78, 5) is 0. The third-order valence-electron chi connectivity index (χ3n) is 3.65. The van der Waals surface area contributed by atoms with Crippen molar-refractivity contribution in [3.05, 3.63) is 0 Å². The summed E-state index contributed by atoms with van der Waals surface area (Å²) in [5.74, 6) is 0. The Bertz CT molecular complexity index is 497. The molecule has 0 saturated carbocycles. The van der Waals surface area contributed by atoms with Gasteiger partial charge < -0.3 is 0 Å². The van der Waals surface area contributed by atoms with Gasteiger partial charge in [0.2, 0.25) is 0 Å². The van der Waals surface area contributed by atoms with E-state index in [0.717, 1.165) is 0 Å². The lowest BCUT2D eigenvalue weighted by molar-refractivity contribution is 0.0233. The van der Waals surface area contributed by atoms with Crippen LogP contribution in [0.15, 0.2) is 0 Å². The van der Waals surface area contributed by atoms with Crippen LogP contribution in [-0.2, 0) is 27.2 Å². The average Bonchev–Trinajstić information content (AvgIpc) is 2.46. The van der Waals surface area contributed by atoms with E-state index in [-0.39, 0.29) is 17.4 Å². The zero-order valence-corrected chi connectivity index (χ0v) is 16.3. The molecule has 136 valence electrons. The Balaban J connectivity index is 1.78. The summed E-state index contributed by atoms with van der Waals surface area (Å²) < 4.78 is 48.0. The molecular weight excluding hydrogens is 342 g/mol. The highest BCUT2D eigenvalue weighted by Gasteiger charge is 2.40. The normalized spacial score (nSPS) is 28.6. The smallest absolute Gasteiger partial charge is 0.296 e. The van der Waals surface area contributed by atoms with Crippen LogP contribution in [0.25, 0.3) is 0 Å². The Labute approximate surface area is 138 Å². The highest BCUT2D eigenvalue weighted by molar-refractivity contribution is 7.52. The first-order valence-electron chi connectivity index (χ1n) is 7.70. The third kappa shape index (κ3) is 5.35. The Morgan fingerprint density at radius 1 is 0.913 bits per heavy atom. The van der Waals surface area contributed by atoms with Crippen LogP contribution in [0.5, 0.6) is 0 Å². The lowest BCUT2D eigenvalue weighted by Gasteiger charge is -2.37. The van der Waals surface area contributed by atoms with Gasteiger partial charge in [-0.1, -0.05) is 27.7 Å². The first kappa shape index (κ1) is 19.5. The van der Waals surface area contributed by atoms with E-state index in [9.17, 15) is 9.13 Å². The number of nitrogens with zero attached hydrogens (tertiary/aromatic N) is 1. The number of hydrogen-bond acceptors (Lipinski definition) is 6. The van der Waals surface area contributed by atoms with Gasteiger partial charge in [-0.05, 0) is 7.05 Å². The quantitative estimate of drug-likeness (QED) is 0.740. The molecule has 2 saturated heterocycles. The standard InChI is InChI=1S/C13H28N2O6P2/c1-12(2)8-18-22(16,19-9-12)14-6-7-15(5)23(17)20-10-13(3,4)11-21-23/h6-11H2,1-5H3,(H,14,16). The second kappa shape index (κ2) is 6.85. The van der Waals surface area contributed by atoms with Crippen molar-refractivity contribution in [2.75, 3.05) is 46.6 Å². The molecule has 0 atom stereocenters. The van der Waals surface area contributed by atoms with Crippen molar-refractivity contribution in [1.29, 1.82) is 0 Å². The van der Waals surface area contributed by atoms with E-state index in [0.29, 0.717) is 33.0 Å². The minimum absolute atomic E-state index is 0.145. The highest BCUT2D eigenvalue weighted by Crippen LogP contribution is 2.56. The molecule has 0 spiro atoms. The van der Waals surface area contributed by atoms with E-state index in [1.807, 2.05) is 27.7 Å². The van der Waals surface area contributed by atoms with Crippen LogP contribution in [0.1, 0.15) is 27.7 Å². The van der Waals surface area contributed by atoms with E-state index >= 15 is 0 Å². The topological polar surface area (TPSA) is 86.3 Å². The molecule has 23 heavy (non-hydrogen) atoms. The van der Waals surface area contributed by atoms with Crippen LogP contribution in [-0.4, -0.2) is 51.2 Å². The van der Waals surface area contributed by atoms with Crippen molar-refractivity contribution >= 4 is 15.5 Å². The monoisotopic (exact) mass is 370 g/mol. The summed E-state index contributed by atoms with van der Waals surface area (Å²) in [5, 5.41) is 2.78. The maximum Gasteiger partial charge on any atom is 0.407 e. The van der Waals surface area contributed by atoms with Gasteiger partial charge in [0.25, 0.3) is 0 Å². The number of likely N-dealkylation sites (N-methyl/N-ethyl adjacent to an activating group) is 1. The van der Waals surface area contributed by atoms with Crippen molar-refractivity contribution in [1.82, 2.24) is 9.76 Å². The van der Waals surface area contributed by atoms with Gasteiger partial charge in [0, 0.05) is 23.9 Å². The van der Waals surface area contributed by atoms with E-state index in [1.165, 1.54) is 4.67 Å². The summed E-state index contributed by atoms with van der Waals surface area (Å²) >= 11 is 0. The summed E-state index contributed by atoms with van der Waals surface area (Å²) in [6, 6.07) is 0. The molecular formula is C13H28N2O6P2. The number of nitrogens with one attached hydrogen (secondary N) is 1. The van der Waals surface area contributed by atoms with Gasteiger partial charge in [-0.3, -0.25) is 18.1 Å². The van der Waals surface area contributed by atoms with Crippen LogP contribution in [0, 0.1) is 10.8 Å². The Morgan fingerprint density at radius 2 is 1.35 bits per heavy atom. The Kier molecular flexibility index (Phi) is 5.82. The van der Waals surface area contributed by atoms with Gasteiger partial charge in [-0.2, -0.15) is 0 Å².